The normalized spacial score (nSPS) is 18.0. The highest BCUT2D eigenvalue weighted by Gasteiger charge is 2.13. The molecular weight excluding hydrogens is 408 g/mol. The lowest BCUT2D eigenvalue weighted by atomic mass is 10.3. The molecule has 32 heavy (non-hydrogen) atoms. The van der Waals surface area contributed by atoms with Crippen LogP contribution < -0.4 is 0 Å². The third kappa shape index (κ3) is 5.10. The number of aromatic nitrogens is 6. The van der Waals surface area contributed by atoms with Gasteiger partial charge in [0.1, 0.15) is 23.2 Å². The van der Waals surface area contributed by atoms with Gasteiger partial charge in [-0.3, -0.25) is 9.80 Å². The molecule has 2 fully saturated rings. The highest BCUT2D eigenvalue weighted by Crippen LogP contribution is 2.11. The largest absolute Gasteiger partial charge is 0.379 e. The third-order valence-electron chi connectivity index (χ3n) is 5.62. The summed E-state index contributed by atoms with van der Waals surface area (Å²) in [5, 5.41) is 17.2. The van der Waals surface area contributed by atoms with Crippen molar-refractivity contribution in [3.05, 3.63) is 48.5 Å². The van der Waals surface area contributed by atoms with Gasteiger partial charge >= 0.3 is 0 Å². The molecule has 0 unspecified atom stereocenters. The molecule has 0 bridgehead atoms. The lowest BCUT2D eigenvalue weighted by Gasteiger charge is -2.26. The number of morpholine rings is 2. The monoisotopic (exact) mass is 436 g/mol. The Hall–Kier alpha value is -2.92. The Balaban J connectivity index is 0.000000135. The lowest BCUT2D eigenvalue weighted by Crippen LogP contribution is -2.37. The number of ether oxygens (including phenoxy) is 2. The fourth-order valence-electron chi connectivity index (χ4n) is 3.84. The zero-order chi connectivity index (χ0) is 21.6. The lowest BCUT2D eigenvalue weighted by molar-refractivity contribution is 0.0189. The zero-order valence-electron chi connectivity index (χ0n) is 18.1. The van der Waals surface area contributed by atoms with Crippen molar-refractivity contribution < 1.29 is 9.47 Å². The Morgan fingerprint density at radius 3 is 1.81 bits per heavy atom. The molecule has 168 valence electrons. The van der Waals surface area contributed by atoms with Crippen LogP contribution in [-0.2, 0) is 22.8 Å². The zero-order valence-corrected chi connectivity index (χ0v) is 18.1. The van der Waals surface area contributed by atoms with Crippen LogP contribution in [0.3, 0.4) is 0 Å². The van der Waals surface area contributed by atoms with E-state index >= 15 is 0 Å². The standard InChI is InChI=1S/2C11H14N4O/c1-2-4-11-10(3-1)12-13-15(11)9-14-5-7-16-8-6-14;1-2-4-11-10(3-1)12-15(13-11)9-14-5-7-16-8-6-14/h2*1-4H,5-9H2. The van der Waals surface area contributed by atoms with Crippen LogP contribution in [0.15, 0.2) is 48.5 Å². The van der Waals surface area contributed by atoms with Crippen LogP contribution in [0.25, 0.3) is 22.1 Å². The minimum absolute atomic E-state index is 0.748. The summed E-state index contributed by atoms with van der Waals surface area (Å²) < 4.78 is 12.6. The number of para-hydroxylation sites is 1. The van der Waals surface area contributed by atoms with Gasteiger partial charge in [-0.25, -0.2) is 4.68 Å². The Kier molecular flexibility index (Phi) is 6.63. The van der Waals surface area contributed by atoms with Crippen molar-refractivity contribution in [3.8, 4) is 0 Å². The van der Waals surface area contributed by atoms with Gasteiger partial charge in [-0.1, -0.05) is 29.5 Å². The maximum atomic E-state index is 5.32. The van der Waals surface area contributed by atoms with Crippen molar-refractivity contribution in [1.29, 1.82) is 0 Å². The molecule has 2 aromatic heterocycles. The van der Waals surface area contributed by atoms with Crippen LogP contribution in [0.4, 0.5) is 0 Å². The van der Waals surface area contributed by atoms with E-state index in [0.717, 1.165) is 88.0 Å². The SMILES string of the molecule is c1ccc2c(c1)nnn2CN1CCOCC1.c1ccc2nn(CN3CCOCC3)nc2c1. The summed E-state index contributed by atoms with van der Waals surface area (Å²) in [7, 11) is 0. The average Bonchev–Trinajstić information content (AvgIpc) is 3.44. The Labute approximate surface area is 186 Å². The van der Waals surface area contributed by atoms with Gasteiger partial charge < -0.3 is 9.47 Å². The van der Waals surface area contributed by atoms with Gasteiger partial charge in [0.05, 0.1) is 38.6 Å². The summed E-state index contributed by atoms with van der Waals surface area (Å²) in [4.78, 5) is 6.38. The van der Waals surface area contributed by atoms with Gasteiger partial charge in [-0.15, -0.1) is 5.10 Å². The molecule has 0 atom stereocenters. The molecule has 2 aliphatic heterocycles. The molecule has 0 aliphatic carbocycles. The Morgan fingerprint density at radius 1 is 0.656 bits per heavy atom. The van der Waals surface area contributed by atoms with Gasteiger partial charge in [0.15, 0.2) is 0 Å². The molecule has 4 heterocycles. The van der Waals surface area contributed by atoms with Crippen molar-refractivity contribution in [3.63, 3.8) is 0 Å². The maximum Gasteiger partial charge on any atom is 0.113 e. The second-order valence-corrected chi connectivity index (χ2v) is 7.88. The van der Waals surface area contributed by atoms with Crippen molar-refractivity contribution in [1.82, 2.24) is 39.8 Å². The summed E-state index contributed by atoms with van der Waals surface area (Å²) in [6.45, 7) is 8.63. The second-order valence-electron chi connectivity index (χ2n) is 7.88. The smallest absolute Gasteiger partial charge is 0.113 e. The molecule has 10 nitrogen and oxygen atoms in total. The number of hydrogen-bond donors (Lipinski definition) is 0. The summed E-state index contributed by atoms with van der Waals surface area (Å²) in [5.41, 5.74) is 3.95. The quantitative estimate of drug-likeness (QED) is 0.475. The van der Waals surface area contributed by atoms with E-state index in [1.165, 1.54) is 0 Å². The fourth-order valence-corrected chi connectivity index (χ4v) is 3.84. The van der Waals surface area contributed by atoms with E-state index in [0.29, 0.717) is 0 Å². The Morgan fingerprint density at radius 2 is 1.19 bits per heavy atom. The van der Waals surface area contributed by atoms with Crippen LogP contribution in [0.5, 0.6) is 0 Å². The minimum atomic E-state index is 0.748. The predicted molar refractivity (Wildman–Crippen MR) is 120 cm³/mol. The van der Waals surface area contributed by atoms with Crippen molar-refractivity contribution in [2.24, 2.45) is 0 Å². The Bertz CT molecular complexity index is 1090. The summed E-state index contributed by atoms with van der Waals surface area (Å²) in [5.74, 6) is 0. The first kappa shape index (κ1) is 21.0. The molecule has 0 spiro atoms. The maximum absolute atomic E-state index is 5.32. The van der Waals surface area contributed by atoms with Gasteiger partial charge in [-0.2, -0.15) is 15.0 Å². The minimum Gasteiger partial charge on any atom is -0.379 e. The highest BCUT2D eigenvalue weighted by atomic mass is 16.5. The molecule has 0 saturated carbocycles. The van der Waals surface area contributed by atoms with E-state index in [1.807, 2.05) is 47.1 Å². The molecule has 0 radical (unpaired) electrons. The average molecular weight is 437 g/mol. The first-order valence-corrected chi connectivity index (χ1v) is 11.0. The van der Waals surface area contributed by atoms with Gasteiger partial charge in [-0.05, 0) is 24.3 Å². The molecular formula is C22H28N8O2. The topological polar surface area (TPSA) is 86.4 Å². The van der Waals surface area contributed by atoms with Crippen LogP contribution in [-0.4, -0.2) is 92.4 Å². The molecule has 2 aliphatic rings. The number of hydrogen-bond acceptors (Lipinski definition) is 8. The fraction of sp³-hybridized carbons (Fsp3) is 0.455. The molecule has 0 amide bonds. The van der Waals surface area contributed by atoms with Crippen LogP contribution in [0.1, 0.15) is 0 Å². The highest BCUT2D eigenvalue weighted by molar-refractivity contribution is 5.74. The van der Waals surface area contributed by atoms with E-state index in [-0.39, 0.29) is 0 Å². The van der Waals surface area contributed by atoms with Gasteiger partial charge in [0.25, 0.3) is 0 Å². The van der Waals surface area contributed by atoms with E-state index in [4.69, 9.17) is 9.47 Å². The molecule has 6 rings (SSSR count). The van der Waals surface area contributed by atoms with Gasteiger partial charge in [0.2, 0.25) is 0 Å². The molecule has 10 heteroatoms. The summed E-state index contributed by atoms with van der Waals surface area (Å²) in [6, 6.07) is 16.0. The van der Waals surface area contributed by atoms with E-state index in [1.54, 1.807) is 4.80 Å². The third-order valence-corrected chi connectivity index (χ3v) is 5.62. The van der Waals surface area contributed by atoms with Gasteiger partial charge in [0, 0.05) is 26.2 Å². The van der Waals surface area contributed by atoms with Crippen LogP contribution >= 0.6 is 0 Å². The van der Waals surface area contributed by atoms with E-state index < -0.39 is 0 Å². The molecule has 2 saturated heterocycles. The van der Waals surface area contributed by atoms with Crippen molar-refractivity contribution >= 4 is 22.1 Å². The number of rotatable bonds is 4. The van der Waals surface area contributed by atoms with E-state index in [2.05, 4.69) is 36.4 Å². The second kappa shape index (κ2) is 10.1. The molecule has 4 aromatic rings. The number of benzene rings is 2. The van der Waals surface area contributed by atoms with Crippen LogP contribution in [0, 0.1) is 0 Å². The molecule has 0 N–H and O–H groups in total. The molecule has 2 aromatic carbocycles. The van der Waals surface area contributed by atoms with Crippen LogP contribution in [0.2, 0.25) is 0 Å². The van der Waals surface area contributed by atoms with Crippen molar-refractivity contribution in [2.45, 2.75) is 13.3 Å². The van der Waals surface area contributed by atoms with Crippen molar-refractivity contribution in [2.75, 3.05) is 52.6 Å². The van der Waals surface area contributed by atoms with E-state index in [9.17, 15) is 0 Å². The predicted octanol–water partition coefficient (Wildman–Crippen LogP) is 1.44. The summed E-state index contributed by atoms with van der Waals surface area (Å²) in [6.07, 6.45) is 0. The number of fused-ring (bicyclic) bond motifs is 2. The first-order chi connectivity index (χ1) is 15.8. The first-order valence-electron chi connectivity index (χ1n) is 11.0. The summed E-state index contributed by atoms with van der Waals surface area (Å²) >= 11 is 0. The number of nitrogens with zero attached hydrogens (tertiary/aromatic N) is 8.